The molecule has 12 unspecified atom stereocenters. The van der Waals surface area contributed by atoms with Crippen LogP contribution in [-0.2, 0) is 23.7 Å². The number of carbonyl (C=O) groups excluding carboxylic acids is 1. The van der Waals surface area contributed by atoms with E-state index in [1.165, 1.54) is 180 Å². The molecule has 0 saturated carbocycles. The SMILES string of the molecule is CC/C=C\C/C=C\C/C=C\C/C=C\C/C=C\C/C=C\CCCCCCCCCCCCCCCCCCCCCCC(=O)NC(COC1OC(CO)C(OC2OC(CO)C(O)C(O)C2O)C(O)C1O)C(O)CCCCCCCCCCCCCCCCC. The first-order chi connectivity index (χ1) is 43.1. The largest absolute Gasteiger partial charge is 0.394 e. The smallest absolute Gasteiger partial charge is 0.220 e. The molecule has 1 amide bonds. The number of hydrogen-bond donors (Lipinski definition) is 9. The second-order valence-corrected chi connectivity index (χ2v) is 25.3. The molecule has 0 bridgehead atoms. The van der Waals surface area contributed by atoms with Crippen LogP contribution in [0.5, 0.6) is 0 Å². The van der Waals surface area contributed by atoms with Gasteiger partial charge in [0.15, 0.2) is 12.6 Å². The molecule has 2 saturated heterocycles. The molecule has 14 heteroatoms. The molecule has 0 aromatic rings. The average Bonchev–Trinajstić information content (AvgIpc) is 2.99. The lowest BCUT2D eigenvalue weighted by Gasteiger charge is -2.46. The summed E-state index contributed by atoms with van der Waals surface area (Å²) in [6, 6.07) is -0.829. The van der Waals surface area contributed by atoms with Crippen molar-refractivity contribution < 1.29 is 64.6 Å². The first-order valence-electron chi connectivity index (χ1n) is 36.2. The van der Waals surface area contributed by atoms with E-state index in [0.29, 0.717) is 12.8 Å². The number of nitrogens with one attached hydrogen (secondary N) is 1. The van der Waals surface area contributed by atoms with Gasteiger partial charge in [0.25, 0.3) is 0 Å². The first kappa shape index (κ1) is 81.5. The van der Waals surface area contributed by atoms with Gasteiger partial charge in [-0.1, -0.05) is 299 Å². The van der Waals surface area contributed by atoms with Crippen LogP contribution in [0.4, 0.5) is 0 Å². The minimum atomic E-state index is -1.78. The second kappa shape index (κ2) is 58.3. The molecule has 2 heterocycles. The molecular weight excluding hydrogens is 1110 g/mol. The Morgan fingerprint density at radius 1 is 0.420 bits per heavy atom. The van der Waals surface area contributed by atoms with Crippen LogP contribution in [0.1, 0.15) is 296 Å². The Balaban J connectivity index is 1.57. The Labute approximate surface area is 536 Å². The maximum absolute atomic E-state index is 13.3. The van der Waals surface area contributed by atoms with Gasteiger partial charge in [0.2, 0.25) is 5.91 Å². The minimum absolute atomic E-state index is 0.204. The maximum atomic E-state index is 13.3. The van der Waals surface area contributed by atoms with Gasteiger partial charge in [-0.3, -0.25) is 4.79 Å². The van der Waals surface area contributed by atoms with E-state index in [4.69, 9.17) is 18.9 Å². The van der Waals surface area contributed by atoms with E-state index in [0.717, 1.165) is 89.9 Å². The fraction of sp³-hybridized carbons (Fsp3) is 0.824. The number of unbranched alkanes of at least 4 members (excludes halogenated alkanes) is 34. The average molecular weight is 1240 g/mol. The van der Waals surface area contributed by atoms with Crippen molar-refractivity contribution in [3.63, 3.8) is 0 Å². The monoisotopic (exact) mass is 1240 g/mol. The van der Waals surface area contributed by atoms with Gasteiger partial charge in [-0.15, -0.1) is 0 Å². The lowest BCUT2D eigenvalue weighted by Crippen LogP contribution is -2.65. The summed E-state index contributed by atoms with van der Waals surface area (Å²) in [5.41, 5.74) is 0. The van der Waals surface area contributed by atoms with Gasteiger partial charge < -0.3 is 65.1 Å². The molecule has 0 aromatic carbocycles. The summed E-state index contributed by atoms with van der Waals surface area (Å²) in [5, 5.41) is 87.5. The zero-order valence-electron chi connectivity index (χ0n) is 55.7. The second-order valence-electron chi connectivity index (χ2n) is 25.3. The summed E-state index contributed by atoms with van der Waals surface area (Å²) < 4.78 is 22.9. The van der Waals surface area contributed by atoms with Gasteiger partial charge in [-0.2, -0.15) is 0 Å². The summed E-state index contributed by atoms with van der Waals surface area (Å²) in [6.45, 7) is 2.77. The van der Waals surface area contributed by atoms with Gasteiger partial charge in [0, 0.05) is 6.42 Å². The van der Waals surface area contributed by atoms with Gasteiger partial charge in [0.05, 0.1) is 32.0 Å². The molecule has 14 nitrogen and oxygen atoms in total. The molecule has 0 aromatic heterocycles. The number of aliphatic hydroxyl groups is 8. The Morgan fingerprint density at radius 2 is 0.784 bits per heavy atom. The number of allylic oxidation sites excluding steroid dienone is 12. The van der Waals surface area contributed by atoms with Crippen molar-refractivity contribution in [2.24, 2.45) is 0 Å². The lowest BCUT2D eigenvalue weighted by atomic mass is 9.97. The Kier molecular flexibility index (Phi) is 54.0. The zero-order chi connectivity index (χ0) is 63.8. The standard InChI is InChI=1S/C74H133NO13/c1-3-5-7-9-11-13-15-17-19-20-21-22-23-24-25-26-27-28-29-30-31-32-33-34-35-36-37-38-39-40-41-42-44-46-48-50-52-54-56-58-66(79)75-62(63(78)57-55-53-51-49-47-45-43-18-16-14-12-10-8-6-4-2)61-85-73-71(84)69(82)72(65(60-77)87-73)88-74-70(83)68(81)67(80)64(59-76)86-74/h5,7,11,13,17,19,21-22,24-25,27-28,62-65,67-74,76-78,80-84H,3-4,6,8-10,12,14-16,18,20,23,26,29-61H2,1-2H3,(H,75,79)/b7-5-,13-11-,19-17-,22-21-,25-24-,28-27-. The highest BCUT2D eigenvalue weighted by Crippen LogP contribution is 2.30. The first-order valence-corrected chi connectivity index (χ1v) is 36.2. The van der Waals surface area contributed by atoms with Gasteiger partial charge >= 0.3 is 0 Å². The van der Waals surface area contributed by atoms with E-state index >= 15 is 0 Å². The van der Waals surface area contributed by atoms with E-state index < -0.39 is 86.8 Å². The number of aliphatic hydroxyl groups excluding tert-OH is 8. The summed E-state index contributed by atoms with van der Waals surface area (Å²) in [6.07, 6.45) is 62.2. The van der Waals surface area contributed by atoms with Crippen LogP contribution >= 0.6 is 0 Å². The molecule has 2 aliphatic rings. The highest BCUT2D eigenvalue weighted by atomic mass is 16.7. The third-order valence-electron chi connectivity index (χ3n) is 17.4. The molecule has 0 spiro atoms. The fourth-order valence-corrected chi connectivity index (χ4v) is 11.7. The minimum Gasteiger partial charge on any atom is -0.394 e. The number of carbonyl (C=O) groups is 1. The van der Waals surface area contributed by atoms with Crippen molar-refractivity contribution in [1.29, 1.82) is 0 Å². The van der Waals surface area contributed by atoms with E-state index in [9.17, 15) is 45.6 Å². The maximum Gasteiger partial charge on any atom is 0.220 e. The van der Waals surface area contributed by atoms with Crippen molar-refractivity contribution in [2.45, 2.75) is 370 Å². The molecule has 88 heavy (non-hydrogen) atoms. The summed E-state index contributed by atoms with van der Waals surface area (Å²) in [4.78, 5) is 13.3. The quantitative estimate of drug-likeness (QED) is 0.0204. The van der Waals surface area contributed by atoms with Gasteiger partial charge in [-0.05, 0) is 64.2 Å². The van der Waals surface area contributed by atoms with Crippen LogP contribution in [0.3, 0.4) is 0 Å². The van der Waals surface area contributed by atoms with Crippen molar-refractivity contribution in [3.8, 4) is 0 Å². The normalized spacial score (nSPS) is 23.6. The topological polar surface area (TPSA) is 228 Å². The Bertz CT molecular complexity index is 1750. The number of hydrogen-bond acceptors (Lipinski definition) is 13. The molecule has 9 N–H and O–H groups in total. The predicted molar refractivity (Wildman–Crippen MR) is 360 cm³/mol. The lowest BCUT2D eigenvalue weighted by molar-refractivity contribution is -0.359. The Morgan fingerprint density at radius 3 is 1.20 bits per heavy atom. The summed E-state index contributed by atoms with van der Waals surface area (Å²) >= 11 is 0. The van der Waals surface area contributed by atoms with Crippen molar-refractivity contribution >= 4 is 5.91 Å². The summed E-state index contributed by atoms with van der Waals surface area (Å²) in [7, 11) is 0. The summed E-state index contributed by atoms with van der Waals surface area (Å²) in [5.74, 6) is -0.204. The van der Waals surface area contributed by atoms with Gasteiger partial charge in [-0.25, -0.2) is 0 Å². The van der Waals surface area contributed by atoms with E-state index in [1.54, 1.807) is 0 Å². The third-order valence-corrected chi connectivity index (χ3v) is 17.4. The van der Waals surface area contributed by atoms with Crippen LogP contribution < -0.4 is 5.32 Å². The van der Waals surface area contributed by atoms with E-state index in [1.807, 2.05) is 0 Å². The number of rotatable bonds is 59. The van der Waals surface area contributed by atoms with Crippen LogP contribution in [0.2, 0.25) is 0 Å². The molecule has 2 rings (SSSR count). The Hall–Kier alpha value is -2.57. The molecule has 0 aliphatic carbocycles. The van der Waals surface area contributed by atoms with Crippen molar-refractivity contribution in [1.82, 2.24) is 5.32 Å². The molecule has 0 radical (unpaired) electrons. The highest BCUT2D eigenvalue weighted by molar-refractivity contribution is 5.76. The van der Waals surface area contributed by atoms with Crippen LogP contribution in [0, 0.1) is 0 Å². The van der Waals surface area contributed by atoms with Crippen molar-refractivity contribution in [2.75, 3.05) is 19.8 Å². The van der Waals surface area contributed by atoms with Crippen LogP contribution in [0.15, 0.2) is 72.9 Å². The number of ether oxygens (including phenoxy) is 4. The van der Waals surface area contributed by atoms with Crippen molar-refractivity contribution in [3.05, 3.63) is 72.9 Å². The molecule has 2 fully saturated rings. The predicted octanol–water partition coefficient (Wildman–Crippen LogP) is 15.0. The zero-order valence-corrected chi connectivity index (χ0v) is 55.7. The van der Waals surface area contributed by atoms with E-state index in [2.05, 4.69) is 92.1 Å². The molecule has 512 valence electrons. The third kappa shape index (κ3) is 41.8. The fourth-order valence-electron chi connectivity index (χ4n) is 11.7. The van der Waals surface area contributed by atoms with Crippen LogP contribution in [0.25, 0.3) is 0 Å². The highest BCUT2D eigenvalue weighted by Gasteiger charge is 2.51. The van der Waals surface area contributed by atoms with Gasteiger partial charge in [0.1, 0.15) is 48.8 Å². The molecule has 2 aliphatic heterocycles. The molecular formula is C74H133NO13. The molecule has 12 atom stereocenters. The van der Waals surface area contributed by atoms with E-state index in [-0.39, 0.29) is 12.5 Å². The van der Waals surface area contributed by atoms with Crippen LogP contribution in [-0.4, -0.2) is 140 Å². The number of amides is 1.